The average Bonchev–Trinajstić information content (AvgIpc) is 3.44. The van der Waals surface area contributed by atoms with Gasteiger partial charge in [0.25, 0.3) is 0 Å². The van der Waals surface area contributed by atoms with Gasteiger partial charge in [0, 0.05) is 5.92 Å². The summed E-state index contributed by atoms with van der Waals surface area (Å²) < 4.78 is 0. The SMILES string of the molecule is C1=CC(c2cc3ccccc3[cH-]2)C=C1.[Cl-].[Cl-].[Zr+2]=[Si](C1CCCCC1)C1CCCCC1. The summed E-state index contributed by atoms with van der Waals surface area (Å²) in [6, 6.07) is 13.1. The molecule has 0 unspecified atom stereocenters. The van der Waals surface area contributed by atoms with E-state index in [-0.39, 0.29) is 30.2 Å². The molecule has 0 aromatic heterocycles. The first-order valence-corrected chi connectivity index (χ1v) is 16.7. The maximum atomic E-state index is 2.28. The third-order valence-electron chi connectivity index (χ3n) is 6.86. The zero-order chi connectivity index (χ0) is 19.2. The second-order valence-corrected chi connectivity index (χ2v) is 15.6. The van der Waals surface area contributed by atoms with Crippen molar-refractivity contribution in [1.82, 2.24) is 0 Å². The van der Waals surface area contributed by atoms with E-state index < -0.39 is 0 Å². The van der Waals surface area contributed by atoms with Gasteiger partial charge >= 0.3 is 104 Å². The van der Waals surface area contributed by atoms with Crippen LogP contribution < -0.4 is 24.8 Å². The van der Waals surface area contributed by atoms with Crippen molar-refractivity contribution in [3.8, 4) is 0 Å². The van der Waals surface area contributed by atoms with Gasteiger partial charge in [-0.3, -0.25) is 0 Å². The topological polar surface area (TPSA) is 0 Å². The fraction of sp³-hybridized carbons (Fsp3) is 0.500. The van der Waals surface area contributed by atoms with Gasteiger partial charge in [0.2, 0.25) is 0 Å². The second kappa shape index (κ2) is 13.5. The van der Waals surface area contributed by atoms with Gasteiger partial charge in [-0.05, 0) is 0 Å². The van der Waals surface area contributed by atoms with Crippen molar-refractivity contribution in [2.45, 2.75) is 81.2 Å². The quantitative estimate of drug-likeness (QED) is 0.417. The van der Waals surface area contributed by atoms with Gasteiger partial charge in [-0.1, -0.05) is 30.4 Å². The molecule has 2 saturated carbocycles. The average molecular weight is 536 g/mol. The van der Waals surface area contributed by atoms with Gasteiger partial charge in [-0.15, -0.1) is 40.6 Å². The molecular weight excluding hydrogens is 503 g/mol. The maximum absolute atomic E-state index is 2.28. The van der Waals surface area contributed by atoms with Gasteiger partial charge < -0.3 is 24.8 Å². The molecule has 0 atom stereocenters. The van der Waals surface area contributed by atoms with Crippen LogP contribution in [0.3, 0.4) is 0 Å². The zero-order valence-electron chi connectivity index (χ0n) is 17.8. The van der Waals surface area contributed by atoms with Crippen LogP contribution in [0.25, 0.3) is 10.8 Å². The van der Waals surface area contributed by atoms with Crippen LogP contribution in [0, 0.1) is 0 Å². The Bertz CT molecular complexity index is 777. The van der Waals surface area contributed by atoms with E-state index in [1.807, 2.05) is 23.3 Å². The monoisotopic (exact) mass is 533 g/mol. The van der Waals surface area contributed by atoms with Crippen molar-refractivity contribution in [2.75, 3.05) is 0 Å². The molecule has 0 nitrogen and oxygen atoms in total. The number of hydrogen-bond donors (Lipinski definition) is 0. The number of halogens is 2. The molecule has 0 spiro atoms. The predicted octanol–water partition coefficient (Wildman–Crippen LogP) is 1.97. The molecular formula is C26H33Cl2SiZr-. The Kier molecular flexibility index (Phi) is 11.8. The van der Waals surface area contributed by atoms with Crippen LogP contribution in [0.5, 0.6) is 0 Å². The van der Waals surface area contributed by atoms with Crippen LogP contribution in [0.1, 0.15) is 75.7 Å². The van der Waals surface area contributed by atoms with Crippen molar-refractivity contribution < 1.29 is 48.1 Å². The van der Waals surface area contributed by atoms with Crippen molar-refractivity contribution in [1.29, 1.82) is 0 Å². The fourth-order valence-electron chi connectivity index (χ4n) is 5.18. The molecule has 0 saturated heterocycles. The van der Waals surface area contributed by atoms with Crippen molar-refractivity contribution in [3.63, 3.8) is 0 Å². The molecule has 160 valence electrons. The summed E-state index contributed by atoms with van der Waals surface area (Å²) in [5.41, 5.74) is 3.96. The van der Waals surface area contributed by atoms with Crippen LogP contribution in [-0.2, 0) is 23.3 Å². The normalized spacial score (nSPS) is 19.7. The summed E-state index contributed by atoms with van der Waals surface area (Å²) in [4.78, 5) is 0. The van der Waals surface area contributed by atoms with Crippen LogP contribution in [0.2, 0.25) is 11.1 Å². The van der Waals surface area contributed by atoms with E-state index in [4.69, 9.17) is 0 Å². The molecule has 0 N–H and O–H groups in total. The summed E-state index contributed by atoms with van der Waals surface area (Å²) in [6.45, 7) is 0. The molecule has 2 aromatic rings. The van der Waals surface area contributed by atoms with Crippen molar-refractivity contribution >= 4 is 16.2 Å². The molecule has 3 aliphatic carbocycles. The van der Waals surface area contributed by atoms with E-state index >= 15 is 0 Å². The number of benzene rings is 1. The summed E-state index contributed by atoms with van der Waals surface area (Å²) in [6.07, 6.45) is 24.4. The molecule has 0 amide bonds. The van der Waals surface area contributed by atoms with E-state index in [0.717, 1.165) is 0 Å². The third-order valence-corrected chi connectivity index (χ3v) is 15.8. The van der Waals surface area contributed by atoms with Crippen LogP contribution in [-0.4, -0.2) is 5.43 Å². The Labute approximate surface area is 210 Å². The molecule has 0 bridgehead atoms. The van der Waals surface area contributed by atoms with Crippen molar-refractivity contribution in [2.24, 2.45) is 0 Å². The van der Waals surface area contributed by atoms with E-state index in [0.29, 0.717) is 5.92 Å². The Balaban J connectivity index is 0.000000200. The molecule has 2 fully saturated rings. The number of rotatable bonds is 3. The molecule has 0 aliphatic heterocycles. The molecule has 2 aromatic carbocycles. The number of fused-ring (bicyclic) bond motifs is 1. The predicted molar refractivity (Wildman–Crippen MR) is 120 cm³/mol. The fourth-order valence-corrected chi connectivity index (χ4v) is 12.2. The van der Waals surface area contributed by atoms with Crippen molar-refractivity contribution in [3.05, 3.63) is 66.3 Å². The summed E-state index contributed by atoms with van der Waals surface area (Å²) in [5, 5.41) is 2.69. The van der Waals surface area contributed by atoms with Crippen LogP contribution in [0.4, 0.5) is 0 Å². The summed E-state index contributed by atoms with van der Waals surface area (Å²) >= 11 is 1.95. The van der Waals surface area contributed by atoms with E-state index in [9.17, 15) is 0 Å². The van der Waals surface area contributed by atoms with Gasteiger partial charge in [-0.25, -0.2) is 0 Å². The molecule has 5 rings (SSSR count). The molecule has 30 heavy (non-hydrogen) atoms. The zero-order valence-corrected chi connectivity index (χ0v) is 22.8. The van der Waals surface area contributed by atoms with Gasteiger partial charge in [0.05, 0.1) is 0 Å². The summed E-state index contributed by atoms with van der Waals surface area (Å²) in [7, 11) is 0. The Morgan fingerprint density at radius 3 is 1.83 bits per heavy atom. The minimum absolute atomic E-state index is 0. The second-order valence-electron chi connectivity index (χ2n) is 8.84. The van der Waals surface area contributed by atoms with Crippen LogP contribution in [0.15, 0.2) is 60.7 Å². The van der Waals surface area contributed by atoms with Crippen LogP contribution >= 0.6 is 0 Å². The number of hydrogen-bond acceptors (Lipinski definition) is 0. The molecule has 0 radical (unpaired) electrons. The van der Waals surface area contributed by atoms with E-state index in [1.54, 1.807) is 51.4 Å². The first-order valence-electron chi connectivity index (χ1n) is 11.4. The molecule has 3 aliphatic rings. The Morgan fingerprint density at radius 2 is 1.30 bits per heavy atom. The van der Waals surface area contributed by atoms with E-state index in [2.05, 4.69) is 60.7 Å². The Morgan fingerprint density at radius 1 is 0.767 bits per heavy atom. The van der Waals surface area contributed by atoms with Gasteiger partial charge in [0.15, 0.2) is 0 Å². The standard InChI is InChI=1S/C14H11.C12H22Si.2ClH.Zr/c1-2-6-11(5-1)14-9-12-7-3-4-8-13(12)10-14;1-3-7-11(8-4-1)13-12-9-5-2-6-10-12;;;/h1-11H;11-12H,1-10H2;2*1H;/q-1;;;;+2/p-2. The van der Waals surface area contributed by atoms with Gasteiger partial charge in [-0.2, -0.15) is 6.07 Å². The Hall–Kier alpha value is -0.01000. The molecule has 4 heteroatoms. The third kappa shape index (κ3) is 6.99. The van der Waals surface area contributed by atoms with E-state index in [1.165, 1.54) is 40.3 Å². The minimum atomic E-state index is 0. The molecule has 0 heterocycles. The summed E-state index contributed by atoms with van der Waals surface area (Å²) in [5.74, 6) is 0.488. The first kappa shape index (κ1) is 26.2. The number of allylic oxidation sites excluding steroid dienone is 4. The van der Waals surface area contributed by atoms with Gasteiger partial charge in [0.1, 0.15) is 0 Å². The first-order chi connectivity index (χ1) is 13.8.